The smallest absolute Gasteiger partial charge is 0.256 e. The highest BCUT2D eigenvalue weighted by atomic mass is 35.5. The number of halogens is 2. The van der Waals surface area contributed by atoms with Crippen LogP contribution < -0.4 is 10.0 Å². The van der Waals surface area contributed by atoms with E-state index < -0.39 is 15.9 Å². The van der Waals surface area contributed by atoms with Gasteiger partial charge >= 0.3 is 0 Å². The van der Waals surface area contributed by atoms with Crippen LogP contribution in [0.1, 0.15) is 21.5 Å². The van der Waals surface area contributed by atoms with E-state index in [4.69, 9.17) is 23.2 Å². The van der Waals surface area contributed by atoms with Crippen LogP contribution in [-0.4, -0.2) is 14.3 Å². The number of carbonyl (C=O) groups is 1. The van der Waals surface area contributed by atoms with Crippen molar-refractivity contribution >= 4 is 44.8 Å². The monoisotopic (exact) mass is 448 g/mol. The Morgan fingerprint density at radius 2 is 1.69 bits per heavy atom. The second-order valence-corrected chi connectivity index (χ2v) is 8.98. The van der Waals surface area contributed by atoms with Gasteiger partial charge in [0.1, 0.15) is 0 Å². The highest BCUT2D eigenvalue weighted by Gasteiger charge is 2.18. The third-order valence-electron chi connectivity index (χ3n) is 4.25. The molecule has 5 nitrogen and oxygen atoms in total. The van der Waals surface area contributed by atoms with E-state index in [1.807, 2.05) is 30.3 Å². The van der Waals surface area contributed by atoms with Gasteiger partial charge in [0.25, 0.3) is 5.91 Å². The Kier molecular flexibility index (Phi) is 6.59. The maximum atomic E-state index is 12.7. The predicted octanol–water partition coefficient (Wildman–Crippen LogP) is 5.03. The Hall–Kier alpha value is -2.38. The summed E-state index contributed by atoms with van der Waals surface area (Å²) in [6.07, 6.45) is 0. The molecule has 3 aromatic rings. The topological polar surface area (TPSA) is 75.3 Å². The van der Waals surface area contributed by atoms with Crippen molar-refractivity contribution in [2.24, 2.45) is 0 Å². The third-order valence-corrected chi connectivity index (χ3v) is 6.20. The largest absolute Gasteiger partial charge is 0.321 e. The summed E-state index contributed by atoms with van der Waals surface area (Å²) in [4.78, 5) is 12.7. The molecule has 3 aromatic carbocycles. The maximum absolute atomic E-state index is 12.7. The third kappa shape index (κ3) is 5.36. The van der Waals surface area contributed by atoms with Crippen LogP contribution in [0, 0.1) is 6.92 Å². The van der Waals surface area contributed by atoms with Gasteiger partial charge in [-0.3, -0.25) is 4.79 Å². The lowest BCUT2D eigenvalue weighted by Gasteiger charge is -2.12. The first-order valence-corrected chi connectivity index (χ1v) is 10.9. The van der Waals surface area contributed by atoms with Gasteiger partial charge in [0.15, 0.2) is 0 Å². The van der Waals surface area contributed by atoms with Crippen LogP contribution in [0.2, 0.25) is 10.0 Å². The molecular weight excluding hydrogens is 431 g/mol. The zero-order valence-corrected chi connectivity index (χ0v) is 17.8. The lowest BCUT2D eigenvalue weighted by atomic mass is 10.1. The van der Waals surface area contributed by atoms with Gasteiger partial charge in [-0.2, -0.15) is 0 Å². The summed E-state index contributed by atoms with van der Waals surface area (Å²) in [7, 11) is -3.79. The van der Waals surface area contributed by atoms with Gasteiger partial charge in [-0.05, 0) is 48.4 Å². The van der Waals surface area contributed by atoms with Crippen LogP contribution in [0.4, 0.5) is 5.69 Å². The van der Waals surface area contributed by atoms with Crippen molar-refractivity contribution in [3.8, 4) is 0 Å². The Balaban J connectivity index is 1.82. The van der Waals surface area contributed by atoms with E-state index in [2.05, 4.69) is 10.0 Å². The van der Waals surface area contributed by atoms with Crippen LogP contribution in [0.25, 0.3) is 0 Å². The predicted molar refractivity (Wildman–Crippen MR) is 116 cm³/mol. The molecule has 0 saturated heterocycles. The Bertz CT molecular complexity index is 1150. The fourth-order valence-electron chi connectivity index (χ4n) is 2.65. The number of aryl methyl sites for hydroxylation is 1. The lowest BCUT2D eigenvalue weighted by Crippen LogP contribution is -2.24. The van der Waals surface area contributed by atoms with E-state index in [0.29, 0.717) is 16.3 Å². The molecule has 0 atom stereocenters. The average molecular weight is 449 g/mol. The first kappa shape index (κ1) is 21.3. The molecule has 0 bridgehead atoms. The molecule has 0 fully saturated rings. The van der Waals surface area contributed by atoms with E-state index >= 15 is 0 Å². The molecule has 0 aliphatic heterocycles. The van der Waals surface area contributed by atoms with Gasteiger partial charge in [0.05, 0.1) is 15.6 Å². The Morgan fingerprint density at radius 1 is 0.966 bits per heavy atom. The summed E-state index contributed by atoms with van der Waals surface area (Å²) in [5, 5.41) is 3.42. The van der Waals surface area contributed by atoms with Crippen molar-refractivity contribution in [3.63, 3.8) is 0 Å². The summed E-state index contributed by atoms with van der Waals surface area (Å²) < 4.78 is 27.9. The van der Waals surface area contributed by atoms with Gasteiger partial charge in [0.2, 0.25) is 10.0 Å². The van der Waals surface area contributed by atoms with E-state index in [0.717, 1.165) is 5.56 Å². The molecule has 0 aliphatic rings. The highest BCUT2D eigenvalue weighted by molar-refractivity contribution is 7.89. The number of anilines is 1. The van der Waals surface area contributed by atoms with Gasteiger partial charge in [-0.15, -0.1) is 0 Å². The fraction of sp³-hybridized carbons (Fsp3) is 0.0952. The molecule has 150 valence electrons. The number of amides is 1. The van der Waals surface area contributed by atoms with Gasteiger partial charge in [-0.25, -0.2) is 13.1 Å². The molecule has 0 spiro atoms. The molecule has 0 heterocycles. The molecule has 2 N–H and O–H groups in total. The lowest BCUT2D eigenvalue weighted by molar-refractivity contribution is 0.102. The quantitative estimate of drug-likeness (QED) is 0.554. The summed E-state index contributed by atoms with van der Waals surface area (Å²) in [5.41, 5.74) is 2.09. The van der Waals surface area contributed by atoms with Crippen LogP contribution in [0.3, 0.4) is 0 Å². The van der Waals surface area contributed by atoms with E-state index in [1.54, 1.807) is 25.1 Å². The number of hydrogen-bond acceptors (Lipinski definition) is 3. The number of carbonyl (C=O) groups excluding carboxylic acids is 1. The second-order valence-electron chi connectivity index (χ2n) is 6.37. The van der Waals surface area contributed by atoms with Gasteiger partial charge in [0, 0.05) is 17.1 Å². The molecule has 0 unspecified atom stereocenters. The number of hydrogen-bond donors (Lipinski definition) is 2. The summed E-state index contributed by atoms with van der Waals surface area (Å²) in [6, 6.07) is 18.3. The molecular formula is C21H18Cl2N2O3S. The SMILES string of the molecule is Cc1ccc(S(=O)(=O)NCc2ccccc2)cc1C(=O)Nc1ccc(Cl)cc1Cl. The first-order chi connectivity index (χ1) is 13.8. The summed E-state index contributed by atoms with van der Waals surface area (Å²) >= 11 is 12.0. The van der Waals surface area contributed by atoms with E-state index in [1.165, 1.54) is 18.2 Å². The van der Waals surface area contributed by atoms with Crippen molar-refractivity contribution in [2.75, 3.05) is 5.32 Å². The van der Waals surface area contributed by atoms with Crippen molar-refractivity contribution < 1.29 is 13.2 Å². The molecule has 0 radical (unpaired) electrons. The molecule has 8 heteroatoms. The normalized spacial score (nSPS) is 11.3. The van der Waals surface area contributed by atoms with Crippen LogP contribution in [0.5, 0.6) is 0 Å². The Morgan fingerprint density at radius 3 is 2.38 bits per heavy atom. The first-order valence-electron chi connectivity index (χ1n) is 8.67. The average Bonchev–Trinajstić information content (AvgIpc) is 2.69. The minimum Gasteiger partial charge on any atom is -0.321 e. The van der Waals surface area contributed by atoms with Crippen molar-refractivity contribution in [1.29, 1.82) is 0 Å². The van der Waals surface area contributed by atoms with Gasteiger partial charge in [-0.1, -0.05) is 59.6 Å². The molecule has 0 saturated carbocycles. The number of nitrogens with one attached hydrogen (secondary N) is 2. The fourth-order valence-corrected chi connectivity index (χ4v) is 4.15. The molecule has 3 rings (SSSR count). The minimum atomic E-state index is -3.79. The minimum absolute atomic E-state index is 0.00591. The van der Waals surface area contributed by atoms with E-state index in [9.17, 15) is 13.2 Å². The molecule has 1 amide bonds. The molecule has 0 aromatic heterocycles. The number of sulfonamides is 1. The number of benzene rings is 3. The van der Waals surface area contributed by atoms with Crippen LogP contribution in [0.15, 0.2) is 71.6 Å². The zero-order valence-electron chi connectivity index (χ0n) is 15.4. The zero-order chi connectivity index (χ0) is 21.0. The van der Waals surface area contributed by atoms with Crippen LogP contribution >= 0.6 is 23.2 Å². The molecule has 29 heavy (non-hydrogen) atoms. The van der Waals surface area contributed by atoms with Crippen molar-refractivity contribution in [3.05, 3.63) is 93.5 Å². The summed E-state index contributed by atoms with van der Waals surface area (Å²) in [6.45, 7) is 1.88. The van der Waals surface area contributed by atoms with Crippen molar-refractivity contribution in [2.45, 2.75) is 18.4 Å². The standard InChI is InChI=1S/C21H18Cl2N2O3S/c1-14-7-9-17(29(27,28)24-13-15-5-3-2-4-6-15)12-18(14)21(26)25-20-10-8-16(22)11-19(20)23/h2-12,24H,13H2,1H3,(H,25,26). The Labute approximate surface area is 179 Å². The maximum Gasteiger partial charge on any atom is 0.256 e. The van der Waals surface area contributed by atoms with E-state index in [-0.39, 0.29) is 22.0 Å². The summed E-state index contributed by atoms with van der Waals surface area (Å²) in [5.74, 6) is -0.466. The highest BCUT2D eigenvalue weighted by Crippen LogP contribution is 2.26. The number of rotatable bonds is 6. The molecule has 0 aliphatic carbocycles. The van der Waals surface area contributed by atoms with Gasteiger partial charge < -0.3 is 5.32 Å². The second kappa shape index (κ2) is 8.97. The van der Waals surface area contributed by atoms with Crippen molar-refractivity contribution in [1.82, 2.24) is 4.72 Å². The van der Waals surface area contributed by atoms with Crippen LogP contribution in [-0.2, 0) is 16.6 Å².